The van der Waals surface area contributed by atoms with Gasteiger partial charge in [-0.1, -0.05) is 42.5 Å². The van der Waals surface area contributed by atoms with Crippen LogP contribution in [0, 0.1) is 0 Å². The lowest BCUT2D eigenvalue weighted by atomic mass is 10.0. The summed E-state index contributed by atoms with van der Waals surface area (Å²) in [6.45, 7) is 0.441. The predicted molar refractivity (Wildman–Crippen MR) is 98.1 cm³/mol. The van der Waals surface area contributed by atoms with Crippen molar-refractivity contribution in [1.82, 2.24) is 5.32 Å². The smallest absolute Gasteiger partial charge is 0.251 e. The molecule has 4 heteroatoms. The predicted octanol–water partition coefficient (Wildman–Crippen LogP) is 4.27. The third kappa shape index (κ3) is 4.10. The van der Waals surface area contributed by atoms with E-state index >= 15 is 0 Å². The Kier molecular flexibility index (Phi) is 5.41. The molecule has 1 atom stereocenters. The van der Waals surface area contributed by atoms with Crippen LogP contribution in [0.5, 0.6) is 0 Å². The van der Waals surface area contributed by atoms with Crippen molar-refractivity contribution in [2.45, 2.75) is 12.5 Å². The number of aliphatic hydroxyl groups is 1. The number of carbonyl (C=O) groups excluding carboxylic acids is 1. The van der Waals surface area contributed by atoms with Crippen LogP contribution < -0.4 is 5.32 Å². The average molecular weight is 337 g/mol. The monoisotopic (exact) mass is 337 g/mol. The molecule has 2 aromatic carbocycles. The fourth-order valence-corrected chi connectivity index (χ4v) is 3.21. The Balaban J connectivity index is 1.54. The molecule has 3 aromatic rings. The van der Waals surface area contributed by atoms with Crippen LogP contribution in [-0.4, -0.2) is 17.6 Å². The number of nitrogens with one attached hydrogen (secondary N) is 1. The quantitative estimate of drug-likeness (QED) is 0.706. The second-order valence-corrected chi connectivity index (χ2v) is 6.34. The van der Waals surface area contributed by atoms with E-state index in [0.29, 0.717) is 18.5 Å². The second-order valence-electron chi connectivity index (χ2n) is 5.56. The lowest BCUT2D eigenvalue weighted by Crippen LogP contribution is -2.25. The Morgan fingerprint density at radius 1 is 1.00 bits per heavy atom. The molecular formula is C20H19NO2S. The van der Waals surface area contributed by atoms with Crippen molar-refractivity contribution < 1.29 is 9.90 Å². The van der Waals surface area contributed by atoms with E-state index < -0.39 is 6.10 Å². The maximum Gasteiger partial charge on any atom is 0.251 e. The first-order chi connectivity index (χ1) is 11.7. The van der Waals surface area contributed by atoms with Crippen LogP contribution in [0.25, 0.3) is 11.1 Å². The second kappa shape index (κ2) is 7.90. The minimum atomic E-state index is -0.531. The summed E-state index contributed by atoms with van der Waals surface area (Å²) in [5.41, 5.74) is 3.74. The first kappa shape index (κ1) is 16.4. The normalized spacial score (nSPS) is 11.9. The van der Waals surface area contributed by atoms with E-state index in [0.717, 1.165) is 16.7 Å². The Labute approximate surface area is 145 Å². The standard InChI is InChI=1S/C20H19NO2S/c22-19(18-11-13-24-14-18)10-12-21-20(23)17-8-6-16(7-9-17)15-4-2-1-3-5-15/h1-9,11,13-14,19,22H,10,12H2,(H,21,23)/t19-/m0/s1. The van der Waals surface area contributed by atoms with Crippen LogP contribution in [0.4, 0.5) is 0 Å². The number of thiophene rings is 1. The van der Waals surface area contributed by atoms with Crippen LogP contribution in [-0.2, 0) is 0 Å². The molecule has 0 saturated carbocycles. The highest BCUT2D eigenvalue weighted by molar-refractivity contribution is 7.07. The van der Waals surface area contributed by atoms with E-state index in [2.05, 4.69) is 5.32 Å². The van der Waals surface area contributed by atoms with Gasteiger partial charge in [0, 0.05) is 12.1 Å². The molecule has 1 amide bonds. The third-order valence-electron chi connectivity index (χ3n) is 3.89. The first-order valence-electron chi connectivity index (χ1n) is 7.88. The van der Waals surface area contributed by atoms with Gasteiger partial charge in [-0.2, -0.15) is 11.3 Å². The SMILES string of the molecule is O=C(NCC[C@H](O)c1ccsc1)c1ccc(-c2ccccc2)cc1. The molecule has 24 heavy (non-hydrogen) atoms. The summed E-state index contributed by atoms with van der Waals surface area (Å²) in [5.74, 6) is -0.118. The van der Waals surface area contributed by atoms with Gasteiger partial charge < -0.3 is 10.4 Å². The molecule has 2 N–H and O–H groups in total. The lowest BCUT2D eigenvalue weighted by Gasteiger charge is -2.10. The summed E-state index contributed by atoms with van der Waals surface area (Å²) in [6.07, 6.45) is -0.0260. The molecule has 0 spiro atoms. The van der Waals surface area contributed by atoms with Crippen molar-refractivity contribution in [2.75, 3.05) is 6.54 Å². The van der Waals surface area contributed by atoms with Crippen LogP contribution >= 0.6 is 11.3 Å². The summed E-state index contributed by atoms with van der Waals surface area (Å²) >= 11 is 1.56. The number of benzene rings is 2. The summed E-state index contributed by atoms with van der Waals surface area (Å²) < 4.78 is 0. The molecule has 0 unspecified atom stereocenters. The third-order valence-corrected chi connectivity index (χ3v) is 4.59. The number of carbonyl (C=O) groups is 1. The van der Waals surface area contributed by atoms with Crippen molar-refractivity contribution in [3.05, 3.63) is 82.6 Å². The maximum absolute atomic E-state index is 12.2. The van der Waals surface area contributed by atoms with E-state index in [-0.39, 0.29) is 5.91 Å². The van der Waals surface area contributed by atoms with Crippen molar-refractivity contribution in [1.29, 1.82) is 0 Å². The molecule has 1 aromatic heterocycles. The van der Waals surface area contributed by atoms with E-state index in [1.54, 1.807) is 11.3 Å². The molecule has 3 rings (SSSR count). The lowest BCUT2D eigenvalue weighted by molar-refractivity contribution is 0.0942. The minimum absolute atomic E-state index is 0.118. The van der Waals surface area contributed by atoms with Gasteiger partial charge in [0.15, 0.2) is 0 Å². The molecule has 0 aliphatic carbocycles. The van der Waals surface area contributed by atoms with Crippen molar-refractivity contribution >= 4 is 17.2 Å². The fourth-order valence-electron chi connectivity index (χ4n) is 2.50. The highest BCUT2D eigenvalue weighted by Gasteiger charge is 2.10. The van der Waals surface area contributed by atoms with Gasteiger partial charge in [-0.25, -0.2) is 0 Å². The minimum Gasteiger partial charge on any atom is -0.388 e. The fraction of sp³-hybridized carbons (Fsp3) is 0.150. The average Bonchev–Trinajstić information content (AvgIpc) is 3.17. The van der Waals surface area contributed by atoms with E-state index in [4.69, 9.17) is 0 Å². The van der Waals surface area contributed by atoms with Crippen molar-refractivity contribution in [3.8, 4) is 11.1 Å². The van der Waals surface area contributed by atoms with Crippen LogP contribution in [0.2, 0.25) is 0 Å². The summed E-state index contributed by atoms with van der Waals surface area (Å²) in [5, 5.41) is 16.7. The molecule has 0 bridgehead atoms. The molecule has 0 radical (unpaired) electrons. The van der Waals surface area contributed by atoms with Gasteiger partial charge in [0.05, 0.1) is 6.10 Å². The highest BCUT2D eigenvalue weighted by atomic mass is 32.1. The summed E-state index contributed by atoms with van der Waals surface area (Å²) in [6, 6.07) is 19.5. The van der Waals surface area contributed by atoms with Gasteiger partial charge in [-0.05, 0) is 52.1 Å². The largest absolute Gasteiger partial charge is 0.388 e. The number of rotatable bonds is 6. The van der Waals surface area contributed by atoms with E-state index in [1.165, 1.54) is 0 Å². The van der Waals surface area contributed by atoms with Crippen LogP contribution in [0.3, 0.4) is 0 Å². The van der Waals surface area contributed by atoms with E-state index in [1.807, 2.05) is 71.4 Å². The molecule has 122 valence electrons. The summed E-state index contributed by atoms with van der Waals surface area (Å²) in [4.78, 5) is 12.2. The summed E-state index contributed by atoms with van der Waals surface area (Å²) in [7, 11) is 0. The zero-order chi connectivity index (χ0) is 16.8. The number of hydrogen-bond donors (Lipinski definition) is 2. The zero-order valence-corrected chi connectivity index (χ0v) is 14.0. The topological polar surface area (TPSA) is 49.3 Å². The Morgan fingerprint density at radius 3 is 2.38 bits per heavy atom. The number of aliphatic hydroxyl groups excluding tert-OH is 1. The molecule has 0 aliphatic rings. The zero-order valence-electron chi connectivity index (χ0n) is 13.2. The van der Waals surface area contributed by atoms with Gasteiger partial charge in [0.1, 0.15) is 0 Å². The number of amides is 1. The molecule has 1 heterocycles. The van der Waals surface area contributed by atoms with Gasteiger partial charge >= 0.3 is 0 Å². The van der Waals surface area contributed by atoms with Crippen LogP contribution in [0.15, 0.2) is 71.4 Å². The van der Waals surface area contributed by atoms with Gasteiger partial charge in [0.2, 0.25) is 0 Å². The first-order valence-corrected chi connectivity index (χ1v) is 8.82. The molecular weight excluding hydrogens is 318 g/mol. The maximum atomic E-state index is 12.2. The molecule has 3 nitrogen and oxygen atoms in total. The van der Waals surface area contributed by atoms with E-state index in [9.17, 15) is 9.90 Å². The Bertz CT molecular complexity index is 767. The molecule has 0 aliphatic heterocycles. The van der Waals surface area contributed by atoms with Crippen molar-refractivity contribution in [3.63, 3.8) is 0 Å². The highest BCUT2D eigenvalue weighted by Crippen LogP contribution is 2.20. The molecule has 0 saturated heterocycles. The Morgan fingerprint density at radius 2 is 1.71 bits per heavy atom. The number of hydrogen-bond acceptors (Lipinski definition) is 3. The van der Waals surface area contributed by atoms with Crippen molar-refractivity contribution in [2.24, 2.45) is 0 Å². The van der Waals surface area contributed by atoms with Gasteiger partial charge in [-0.3, -0.25) is 4.79 Å². The molecule has 0 fully saturated rings. The Hall–Kier alpha value is -2.43. The van der Waals surface area contributed by atoms with Gasteiger partial charge in [-0.15, -0.1) is 0 Å². The van der Waals surface area contributed by atoms with Crippen LogP contribution in [0.1, 0.15) is 28.4 Å². The van der Waals surface area contributed by atoms with Gasteiger partial charge in [0.25, 0.3) is 5.91 Å².